The Morgan fingerprint density at radius 1 is 1.29 bits per heavy atom. The van der Waals surface area contributed by atoms with Crippen LogP contribution in [0.4, 0.5) is 9.18 Å². The van der Waals surface area contributed by atoms with Crippen molar-refractivity contribution in [2.45, 2.75) is 45.6 Å². The van der Waals surface area contributed by atoms with Gasteiger partial charge in [-0.05, 0) is 69.2 Å². The van der Waals surface area contributed by atoms with Crippen molar-refractivity contribution in [3.8, 4) is 11.5 Å². The molecule has 1 atom stereocenters. The number of amides is 1. The van der Waals surface area contributed by atoms with Crippen LogP contribution in [0.1, 0.15) is 45.7 Å². The van der Waals surface area contributed by atoms with Crippen molar-refractivity contribution >= 4 is 23.3 Å². The van der Waals surface area contributed by atoms with E-state index in [0.29, 0.717) is 30.3 Å². The van der Waals surface area contributed by atoms with Crippen molar-refractivity contribution in [1.82, 2.24) is 14.9 Å². The van der Waals surface area contributed by atoms with Crippen LogP contribution in [-0.2, 0) is 4.74 Å². The molecule has 1 aromatic heterocycles. The number of ether oxygens (including phenoxy) is 2. The molecular weight excluding hydrogens is 421 g/mol. The Labute approximate surface area is 186 Å². The van der Waals surface area contributed by atoms with E-state index in [1.54, 1.807) is 11.1 Å². The molecule has 0 N–H and O–H groups in total. The third-order valence-electron chi connectivity index (χ3n) is 5.53. The number of carbonyl (C=O) groups excluding carboxylic acids is 1. The Hall–Kier alpha value is -2.67. The average molecular weight is 446 g/mol. The molecule has 1 spiro atoms. The molecule has 31 heavy (non-hydrogen) atoms. The standard InChI is InChI=1S/C23H25ClFN3O3/c1-22(2,3)31-21(29)28-9-8-23(13-28)7-6-15(11-23)20-19(12-26-14-27-20)30-18-5-4-16(25)10-17(18)24/h4-6,10,12,14H,7-9,11,13H2,1-3H3. The fourth-order valence-electron chi connectivity index (χ4n) is 4.11. The van der Waals surface area contributed by atoms with Gasteiger partial charge in [-0.25, -0.2) is 19.2 Å². The van der Waals surface area contributed by atoms with Gasteiger partial charge in [-0.1, -0.05) is 17.7 Å². The fourth-order valence-corrected chi connectivity index (χ4v) is 4.31. The van der Waals surface area contributed by atoms with Crippen LogP contribution in [0.2, 0.25) is 5.02 Å². The molecule has 8 heteroatoms. The summed E-state index contributed by atoms with van der Waals surface area (Å²) in [6, 6.07) is 3.97. The maximum absolute atomic E-state index is 13.3. The highest BCUT2D eigenvalue weighted by Gasteiger charge is 2.44. The van der Waals surface area contributed by atoms with Crippen molar-refractivity contribution in [2.24, 2.45) is 5.41 Å². The smallest absolute Gasteiger partial charge is 0.410 e. The molecule has 4 rings (SSSR count). The number of hydrogen-bond acceptors (Lipinski definition) is 5. The fraction of sp³-hybridized carbons (Fsp3) is 0.435. The highest BCUT2D eigenvalue weighted by molar-refractivity contribution is 6.32. The highest BCUT2D eigenvalue weighted by atomic mass is 35.5. The molecule has 2 aromatic rings. The van der Waals surface area contributed by atoms with E-state index in [0.717, 1.165) is 24.8 Å². The van der Waals surface area contributed by atoms with Gasteiger partial charge in [-0.15, -0.1) is 0 Å². The Balaban J connectivity index is 1.48. The van der Waals surface area contributed by atoms with Gasteiger partial charge in [0.25, 0.3) is 0 Å². The van der Waals surface area contributed by atoms with E-state index >= 15 is 0 Å². The van der Waals surface area contributed by atoms with Crippen LogP contribution in [0.5, 0.6) is 11.5 Å². The molecule has 1 aromatic carbocycles. The lowest BCUT2D eigenvalue weighted by Crippen LogP contribution is -2.36. The molecule has 2 heterocycles. The summed E-state index contributed by atoms with van der Waals surface area (Å²) in [5, 5.41) is 0.176. The topological polar surface area (TPSA) is 64.5 Å². The molecule has 1 aliphatic carbocycles. The van der Waals surface area contributed by atoms with E-state index in [1.807, 2.05) is 20.8 Å². The van der Waals surface area contributed by atoms with Crippen molar-refractivity contribution in [1.29, 1.82) is 0 Å². The summed E-state index contributed by atoms with van der Waals surface area (Å²) in [5.74, 6) is 0.365. The van der Waals surface area contributed by atoms with E-state index in [1.165, 1.54) is 24.5 Å². The van der Waals surface area contributed by atoms with Gasteiger partial charge in [0.2, 0.25) is 0 Å². The number of benzene rings is 1. The van der Waals surface area contributed by atoms with E-state index in [-0.39, 0.29) is 16.5 Å². The number of rotatable bonds is 3. The Morgan fingerprint density at radius 2 is 2.10 bits per heavy atom. The first kappa shape index (κ1) is 21.6. The lowest BCUT2D eigenvalue weighted by Gasteiger charge is -2.27. The number of hydrogen-bond donors (Lipinski definition) is 0. The van der Waals surface area contributed by atoms with E-state index < -0.39 is 11.4 Å². The molecular formula is C23H25ClFN3O3. The second-order valence-electron chi connectivity index (χ2n) is 9.17. The van der Waals surface area contributed by atoms with Gasteiger partial charge in [-0.3, -0.25) is 0 Å². The summed E-state index contributed by atoms with van der Waals surface area (Å²) in [7, 11) is 0. The number of halogens is 2. The van der Waals surface area contributed by atoms with Crippen LogP contribution in [0.3, 0.4) is 0 Å². The van der Waals surface area contributed by atoms with Gasteiger partial charge in [0, 0.05) is 13.1 Å². The van der Waals surface area contributed by atoms with Crippen molar-refractivity contribution in [3.63, 3.8) is 0 Å². The van der Waals surface area contributed by atoms with Gasteiger partial charge in [0.15, 0.2) is 5.75 Å². The zero-order chi connectivity index (χ0) is 22.2. The first-order valence-corrected chi connectivity index (χ1v) is 10.6. The summed E-state index contributed by atoms with van der Waals surface area (Å²) in [5.41, 5.74) is 1.19. The van der Waals surface area contributed by atoms with Crippen LogP contribution in [0.25, 0.3) is 5.57 Å². The summed E-state index contributed by atoms with van der Waals surface area (Å²) < 4.78 is 24.8. The molecule has 6 nitrogen and oxygen atoms in total. The largest absolute Gasteiger partial charge is 0.452 e. The predicted molar refractivity (Wildman–Crippen MR) is 116 cm³/mol. The van der Waals surface area contributed by atoms with Crippen LogP contribution in [0, 0.1) is 11.2 Å². The minimum absolute atomic E-state index is 0.0258. The first-order chi connectivity index (χ1) is 14.6. The van der Waals surface area contributed by atoms with Gasteiger partial charge in [0.05, 0.1) is 11.2 Å². The lowest BCUT2D eigenvalue weighted by molar-refractivity contribution is 0.0275. The Morgan fingerprint density at radius 3 is 2.84 bits per heavy atom. The molecule has 0 bridgehead atoms. The SMILES string of the molecule is CC(C)(C)OC(=O)N1CCC2(CC=C(c3ncncc3Oc3ccc(F)cc3Cl)C2)C1. The number of carbonyl (C=O) groups is 1. The van der Waals surface area contributed by atoms with Crippen LogP contribution in [0.15, 0.2) is 36.8 Å². The number of nitrogens with zero attached hydrogens (tertiary/aromatic N) is 3. The monoisotopic (exact) mass is 445 g/mol. The number of likely N-dealkylation sites (tertiary alicyclic amines) is 1. The van der Waals surface area contributed by atoms with Crippen molar-refractivity contribution < 1.29 is 18.7 Å². The summed E-state index contributed by atoms with van der Waals surface area (Å²) in [6.45, 7) is 6.93. The normalized spacial score (nSPS) is 20.8. The van der Waals surface area contributed by atoms with Gasteiger partial charge >= 0.3 is 6.09 Å². The third-order valence-corrected chi connectivity index (χ3v) is 5.83. The molecule has 164 valence electrons. The molecule has 1 fully saturated rings. The minimum Gasteiger partial charge on any atom is -0.452 e. The maximum Gasteiger partial charge on any atom is 0.410 e. The zero-order valence-corrected chi connectivity index (χ0v) is 18.6. The molecule has 0 radical (unpaired) electrons. The van der Waals surface area contributed by atoms with Gasteiger partial charge in [-0.2, -0.15) is 0 Å². The minimum atomic E-state index is -0.513. The summed E-state index contributed by atoms with van der Waals surface area (Å²) in [6.07, 6.45) is 7.46. The lowest BCUT2D eigenvalue weighted by atomic mass is 9.83. The van der Waals surface area contributed by atoms with E-state index in [9.17, 15) is 9.18 Å². The van der Waals surface area contributed by atoms with Crippen molar-refractivity contribution in [2.75, 3.05) is 13.1 Å². The second-order valence-corrected chi connectivity index (χ2v) is 9.58. The number of aromatic nitrogens is 2. The third kappa shape index (κ3) is 4.82. The predicted octanol–water partition coefficient (Wildman–Crippen LogP) is 5.87. The summed E-state index contributed by atoms with van der Waals surface area (Å²) in [4.78, 5) is 22.8. The van der Waals surface area contributed by atoms with Gasteiger partial charge < -0.3 is 14.4 Å². The number of allylic oxidation sites excluding steroid dienone is 2. The summed E-state index contributed by atoms with van der Waals surface area (Å²) >= 11 is 6.11. The Bertz CT molecular complexity index is 1040. The molecule has 1 unspecified atom stereocenters. The molecule has 2 aliphatic rings. The van der Waals surface area contributed by atoms with Crippen LogP contribution < -0.4 is 4.74 Å². The molecule has 0 saturated carbocycles. The first-order valence-electron chi connectivity index (χ1n) is 10.2. The highest BCUT2D eigenvalue weighted by Crippen LogP contribution is 2.49. The quantitative estimate of drug-likeness (QED) is 0.591. The molecule has 1 saturated heterocycles. The van der Waals surface area contributed by atoms with E-state index in [4.69, 9.17) is 21.1 Å². The average Bonchev–Trinajstić information content (AvgIpc) is 3.30. The van der Waals surface area contributed by atoms with E-state index in [2.05, 4.69) is 16.0 Å². The zero-order valence-electron chi connectivity index (χ0n) is 17.8. The molecule has 1 aliphatic heterocycles. The Kier molecular flexibility index (Phi) is 5.64. The van der Waals surface area contributed by atoms with Gasteiger partial charge in [0.1, 0.15) is 29.2 Å². The second kappa shape index (κ2) is 8.11. The van der Waals surface area contributed by atoms with Crippen LogP contribution in [-0.4, -0.2) is 39.7 Å². The maximum atomic E-state index is 13.3. The van der Waals surface area contributed by atoms with Crippen molar-refractivity contribution in [3.05, 3.63) is 53.3 Å². The molecule has 1 amide bonds. The van der Waals surface area contributed by atoms with Crippen LogP contribution >= 0.6 is 11.6 Å².